The molecular formula is C15H13BrF3N. The molecule has 0 aliphatic carbocycles. The SMILES string of the molecule is CCNC(c1ccccc1F)c1ccc(F)c(F)c1Br. The quantitative estimate of drug-likeness (QED) is 0.802. The van der Waals surface area contributed by atoms with Gasteiger partial charge in [-0.3, -0.25) is 0 Å². The highest BCUT2D eigenvalue weighted by Crippen LogP contribution is 2.32. The highest BCUT2D eigenvalue weighted by molar-refractivity contribution is 9.10. The molecule has 106 valence electrons. The Balaban J connectivity index is 2.55. The van der Waals surface area contributed by atoms with Crippen LogP contribution < -0.4 is 5.32 Å². The Kier molecular flexibility index (Phi) is 4.83. The topological polar surface area (TPSA) is 12.0 Å². The zero-order valence-electron chi connectivity index (χ0n) is 10.8. The average Bonchev–Trinajstić information content (AvgIpc) is 2.44. The maximum atomic E-state index is 13.9. The van der Waals surface area contributed by atoms with Gasteiger partial charge in [0.1, 0.15) is 5.82 Å². The summed E-state index contributed by atoms with van der Waals surface area (Å²) < 4.78 is 40.8. The molecule has 0 radical (unpaired) electrons. The maximum Gasteiger partial charge on any atom is 0.173 e. The van der Waals surface area contributed by atoms with Gasteiger partial charge in [0.05, 0.1) is 10.5 Å². The molecule has 0 heterocycles. The molecule has 2 rings (SSSR count). The van der Waals surface area contributed by atoms with Gasteiger partial charge >= 0.3 is 0 Å². The number of rotatable bonds is 4. The van der Waals surface area contributed by atoms with Gasteiger partial charge in [0.15, 0.2) is 11.6 Å². The van der Waals surface area contributed by atoms with Crippen LogP contribution in [0.2, 0.25) is 0 Å². The summed E-state index contributed by atoms with van der Waals surface area (Å²) in [7, 11) is 0. The number of hydrogen-bond acceptors (Lipinski definition) is 1. The van der Waals surface area contributed by atoms with Crippen molar-refractivity contribution in [2.24, 2.45) is 0 Å². The van der Waals surface area contributed by atoms with E-state index in [1.165, 1.54) is 12.1 Å². The third-order valence-corrected chi connectivity index (χ3v) is 3.81. The summed E-state index contributed by atoms with van der Waals surface area (Å²) in [4.78, 5) is 0. The molecular weight excluding hydrogens is 331 g/mol. The van der Waals surface area contributed by atoms with Crippen molar-refractivity contribution in [2.45, 2.75) is 13.0 Å². The zero-order chi connectivity index (χ0) is 14.7. The van der Waals surface area contributed by atoms with Crippen molar-refractivity contribution in [1.29, 1.82) is 0 Å². The monoisotopic (exact) mass is 343 g/mol. The van der Waals surface area contributed by atoms with E-state index in [1.807, 2.05) is 6.92 Å². The molecule has 2 aromatic rings. The van der Waals surface area contributed by atoms with Crippen LogP contribution in [0.15, 0.2) is 40.9 Å². The van der Waals surface area contributed by atoms with Gasteiger partial charge in [-0.1, -0.05) is 31.2 Å². The van der Waals surface area contributed by atoms with Crippen LogP contribution in [0, 0.1) is 17.5 Å². The van der Waals surface area contributed by atoms with Crippen molar-refractivity contribution in [3.05, 3.63) is 69.4 Å². The predicted octanol–water partition coefficient (Wildman–Crippen LogP) is 4.57. The molecule has 0 saturated carbocycles. The molecule has 0 fully saturated rings. The number of hydrogen-bond donors (Lipinski definition) is 1. The fourth-order valence-corrected chi connectivity index (χ4v) is 2.62. The van der Waals surface area contributed by atoms with Crippen LogP contribution in [0.1, 0.15) is 24.1 Å². The van der Waals surface area contributed by atoms with Crippen LogP contribution in [0.4, 0.5) is 13.2 Å². The first-order valence-corrected chi connectivity index (χ1v) is 6.96. The van der Waals surface area contributed by atoms with Gasteiger partial charge in [-0.2, -0.15) is 0 Å². The van der Waals surface area contributed by atoms with E-state index in [2.05, 4.69) is 21.2 Å². The Morgan fingerprint density at radius 1 is 1.00 bits per heavy atom. The smallest absolute Gasteiger partial charge is 0.173 e. The molecule has 0 saturated heterocycles. The van der Waals surface area contributed by atoms with E-state index in [9.17, 15) is 13.2 Å². The van der Waals surface area contributed by atoms with Crippen molar-refractivity contribution in [1.82, 2.24) is 5.32 Å². The summed E-state index contributed by atoms with van der Waals surface area (Å²) in [5.74, 6) is -2.30. The van der Waals surface area contributed by atoms with Crippen LogP contribution in [0.5, 0.6) is 0 Å². The van der Waals surface area contributed by atoms with Gasteiger partial charge in [0.25, 0.3) is 0 Å². The summed E-state index contributed by atoms with van der Waals surface area (Å²) >= 11 is 3.05. The van der Waals surface area contributed by atoms with Crippen molar-refractivity contribution in [3.63, 3.8) is 0 Å². The van der Waals surface area contributed by atoms with Crippen molar-refractivity contribution in [2.75, 3.05) is 6.54 Å². The molecule has 1 N–H and O–H groups in total. The van der Waals surface area contributed by atoms with Crippen molar-refractivity contribution in [3.8, 4) is 0 Å². The van der Waals surface area contributed by atoms with Gasteiger partial charge in [-0.05, 0) is 40.2 Å². The van der Waals surface area contributed by atoms with E-state index in [-0.39, 0.29) is 4.47 Å². The molecule has 0 aliphatic heterocycles. The van der Waals surface area contributed by atoms with Crippen LogP contribution in [0.25, 0.3) is 0 Å². The molecule has 0 amide bonds. The lowest BCUT2D eigenvalue weighted by Gasteiger charge is -2.21. The lowest BCUT2D eigenvalue weighted by atomic mass is 9.98. The first-order valence-electron chi connectivity index (χ1n) is 6.17. The van der Waals surface area contributed by atoms with E-state index in [1.54, 1.807) is 18.2 Å². The van der Waals surface area contributed by atoms with E-state index in [4.69, 9.17) is 0 Å². The summed E-state index contributed by atoms with van der Waals surface area (Å²) in [6.07, 6.45) is 0. The number of nitrogens with one attached hydrogen (secondary N) is 1. The summed E-state index contributed by atoms with van der Waals surface area (Å²) in [5.41, 5.74) is 0.844. The van der Waals surface area contributed by atoms with E-state index >= 15 is 0 Å². The van der Waals surface area contributed by atoms with E-state index in [0.717, 1.165) is 6.07 Å². The Bertz CT molecular complexity index is 616. The highest BCUT2D eigenvalue weighted by atomic mass is 79.9. The molecule has 0 spiro atoms. The molecule has 5 heteroatoms. The Morgan fingerprint density at radius 3 is 2.35 bits per heavy atom. The second-order valence-electron chi connectivity index (χ2n) is 4.28. The molecule has 1 unspecified atom stereocenters. The minimum Gasteiger partial charge on any atom is -0.306 e. The highest BCUT2D eigenvalue weighted by Gasteiger charge is 2.22. The van der Waals surface area contributed by atoms with E-state index < -0.39 is 23.5 Å². The molecule has 0 aliphatic rings. The maximum absolute atomic E-state index is 13.9. The van der Waals surface area contributed by atoms with Crippen molar-refractivity contribution >= 4 is 15.9 Å². The third kappa shape index (κ3) is 2.88. The first-order chi connectivity index (χ1) is 9.56. The Morgan fingerprint density at radius 2 is 1.70 bits per heavy atom. The first kappa shape index (κ1) is 15.1. The van der Waals surface area contributed by atoms with Gasteiger partial charge in [-0.15, -0.1) is 0 Å². The standard InChI is InChI=1S/C15H13BrF3N/c1-2-20-15(9-5-3-4-6-11(9)17)10-7-8-12(18)14(19)13(10)16/h3-8,15,20H,2H2,1H3. The predicted molar refractivity (Wildman–Crippen MR) is 76.0 cm³/mol. The number of halogens is 4. The summed E-state index contributed by atoms with van der Waals surface area (Å²) in [6, 6.07) is 8.19. The fourth-order valence-electron chi connectivity index (χ4n) is 2.06. The van der Waals surface area contributed by atoms with Crippen LogP contribution in [-0.2, 0) is 0 Å². The molecule has 0 bridgehead atoms. The normalized spacial score (nSPS) is 12.4. The summed E-state index contributed by atoms with van der Waals surface area (Å²) in [5, 5.41) is 3.08. The average molecular weight is 344 g/mol. The van der Waals surface area contributed by atoms with E-state index in [0.29, 0.717) is 17.7 Å². The second-order valence-corrected chi connectivity index (χ2v) is 5.07. The van der Waals surface area contributed by atoms with Gasteiger partial charge in [0.2, 0.25) is 0 Å². The minimum absolute atomic E-state index is 0.00621. The summed E-state index contributed by atoms with van der Waals surface area (Å²) in [6.45, 7) is 2.42. The largest absolute Gasteiger partial charge is 0.306 e. The van der Waals surface area contributed by atoms with Crippen LogP contribution in [-0.4, -0.2) is 6.54 Å². The third-order valence-electron chi connectivity index (χ3n) is 3.00. The fraction of sp³-hybridized carbons (Fsp3) is 0.200. The molecule has 20 heavy (non-hydrogen) atoms. The molecule has 1 nitrogen and oxygen atoms in total. The lowest BCUT2D eigenvalue weighted by Crippen LogP contribution is -2.23. The number of benzene rings is 2. The molecule has 1 atom stereocenters. The molecule has 0 aromatic heterocycles. The second kappa shape index (κ2) is 6.41. The molecule has 2 aromatic carbocycles. The van der Waals surface area contributed by atoms with Gasteiger partial charge in [-0.25, -0.2) is 13.2 Å². The zero-order valence-corrected chi connectivity index (χ0v) is 12.3. The lowest BCUT2D eigenvalue weighted by molar-refractivity contribution is 0.496. The van der Waals surface area contributed by atoms with Crippen LogP contribution >= 0.6 is 15.9 Å². The van der Waals surface area contributed by atoms with Crippen LogP contribution in [0.3, 0.4) is 0 Å². The Hall–Kier alpha value is -1.33. The van der Waals surface area contributed by atoms with Crippen molar-refractivity contribution < 1.29 is 13.2 Å². The minimum atomic E-state index is -0.971. The van der Waals surface area contributed by atoms with Gasteiger partial charge in [0, 0.05) is 5.56 Å². The van der Waals surface area contributed by atoms with Gasteiger partial charge < -0.3 is 5.32 Å². The Labute approximate surface area is 123 Å².